The van der Waals surface area contributed by atoms with Gasteiger partial charge in [0.05, 0.1) is 5.69 Å². The third-order valence-corrected chi connectivity index (χ3v) is 4.62. The van der Waals surface area contributed by atoms with Crippen molar-refractivity contribution in [2.75, 3.05) is 17.3 Å². The molecule has 2 amide bonds. The Labute approximate surface area is 158 Å². The number of ether oxygens (including phenoxy) is 1. The van der Waals surface area contributed by atoms with Crippen molar-refractivity contribution < 1.29 is 19.1 Å². The van der Waals surface area contributed by atoms with E-state index in [1.54, 1.807) is 32.2 Å². The maximum atomic E-state index is 12.5. The molecule has 140 valence electrons. The minimum Gasteiger partial charge on any atom is -0.479 e. The normalized spacial score (nSPS) is 15.7. The van der Waals surface area contributed by atoms with Crippen molar-refractivity contribution in [3.05, 3.63) is 53.6 Å². The highest BCUT2D eigenvalue weighted by molar-refractivity contribution is 6.04. The van der Waals surface area contributed by atoms with E-state index in [0.29, 0.717) is 17.0 Å². The fourth-order valence-electron chi connectivity index (χ4n) is 2.98. The van der Waals surface area contributed by atoms with Crippen molar-refractivity contribution in [2.24, 2.45) is 0 Å². The van der Waals surface area contributed by atoms with Crippen LogP contribution in [-0.4, -0.2) is 30.7 Å². The predicted molar refractivity (Wildman–Crippen MR) is 103 cm³/mol. The van der Waals surface area contributed by atoms with Gasteiger partial charge in [-0.05, 0) is 43.7 Å². The molecule has 27 heavy (non-hydrogen) atoms. The molecule has 0 saturated heterocycles. The van der Waals surface area contributed by atoms with Crippen molar-refractivity contribution in [3.63, 3.8) is 0 Å². The van der Waals surface area contributed by atoms with Gasteiger partial charge in [-0.15, -0.1) is 0 Å². The first-order valence-corrected chi connectivity index (χ1v) is 8.84. The molecule has 1 unspecified atom stereocenters. The largest absolute Gasteiger partial charge is 0.479 e. The van der Waals surface area contributed by atoms with Gasteiger partial charge in [0.2, 0.25) is 5.91 Å². The van der Waals surface area contributed by atoms with Crippen LogP contribution in [0.4, 0.5) is 11.4 Å². The van der Waals surface area contributed by atoms with Gasteiger partial charge in [0.1, 0.15) is 5.75 Å². The lowest BCUT2D eigenvalue weighted by Crippen LogP contribution is -2.42. The molecule has 6 nitrogen and oxygen atoms in total. The zero-order valence-electron chi connectivity index (χ0n) is 15.6. The molecule has 1 aliphatic heterocycles. The summed E-state index contributed by atoms with van der Waals surface area (Å²) < 4.78 is 5.56. The number of nitrogens with zero attached hydrogens (tertiary/aromatic N) is 1. The van der Waals surface area contributed by atoms with Gasteiger partial charge in [0.15, 0.2) is 11.9 Å². The molecule has 0 aromatic heterocycles. The Morgan fingerprint density at radius 1 is 1.15 bits per heavy atom. The van der Waals surface area contributed by atoms with Crippen LogP contribution in [0, 0.1) is 6.92 Å². The Hall–Kier alpha value is -3.15. The summed E-state index contributed by atoms with van der Waals surface area (Å²) in [6.45, 7) is 3.60. The molecule has 0 saturated carbocycles. The van der Waals surface area contributed by atoms with Crippen LogP contribution in [-0.2, 0) is 9.59 Å². The standard InChI is InChI=1S/C21H22N2O4/c1-13-6-4-5-7-16(13)22-20(25)11-9-18(24)15-8-10-19-17(12-15)23(3)21(26)14(2)27-19/h4-8,10,12,14H,9,11H2,1-3H3,(H,22,25). The number of hydrogen-bond acceptors (Lipinski definition) is 4. The number of carbonyl (C=O) groups excluding carboxylic acids is 3. The summed E-state index contributed by atoms with van der Waals surface area (Å²) >= 11 is 0. The zero-order valence-corrected chi connectivity index (χ0v) is 15.6. The van der Waals surface area contributed by atoms with Gasteiger partial charge in [0, 0.05) is 31.1 Å². The highest BCUT2D eigenvalue weighted by atomic mass is 16.5. The first kappa shape index (κ1) is 18.6. The first-order chi connectivity index (χ1) is 12.9. The van der Waals surface area contributed by atoms with E-state index in [4.69, 9.17) is 4.74 Å². The second-order valence-electron chi connectivity index (χ2n) is 6.63. The van der Waals surface area contributed by atoms with Crippen LogP contribution in [0.3, 0.4) is 0 Å². The summed E-state index contributed by atoms with van der Waals surface area (Å²) in [5.41, 5.74) is 2.73. The van der Waals surface area contributed by atoms with E-state index in [2.05, 4.69) is 5.32 Å². The molecule has 0 aliphatic carbocycles. The minimum absolute atomic E-state index is 0.0887. The van der Waals surface area contributed by atoms with Crippen molar-refractivity contribution in [3.8, 4) is 5.75 Å². The third-order valence-electron chi connectivity index (χ3n) is 4.62. The fraction of sp³-hybridized carbons (Fsp3) is 0.286. The van der Waals surface area contributed by atoms with Gasteiger partial charge in [-0.2, -0.15) is 0 Å². The molecule has 1 N–H and O–H groups in total. The molecule has 0 fully saturated rings. The maximum absolute atomic E-state index is 12.5. The number of likely N-dealkylation sites (N-methyl/N-ethyl adjacent to an activating group) is 1. The number of Topliss-reactive ketones (excluding diaryl/α,β-unsaturated/α-hetero) is 1. The summed E-state index contributed by atoms with van der Waals surface area (Å²) in [5, 5.41) is 2.82. The van der Waals surface area contributed by atoms with Gasteiger partial charge in [-0.3, -0.25) is 14.4 Å². The van der Waals surface area contributed by atoms with E-state index in [1.807, 2.05) is 31.2 Å². The van der Waals surface area contributed by atoms with Gasteiger partial charge in [-0.1, -0.05) is 18.2 Å². The number of anilines is 2. The number of rotatable bonds is 5. The highest BCUT2D eigenvalue weighted by Gasteiger charge is 2.29. The van der Waals surface area contributed by atoms with Crippen molar-refractivity contribution in [1.29, 1.82) is 0 Å². The highest BCUT2D eigenvalue weighted by Crippen LogP contribution is 2.34. The van der Waals surface area contributed by atoms with Crippen LogP contribution >= 0.6 is 0 Å². The summed E-state index contributed by atoms with van der Waals surface area (Å²) in [6, 6.07) is 12.5. The second-order valence-corrected chi connectivity index (χ2v) is 6.63. The summed E-state index contributed by atoms with van der Waals surface area (Å²) in [7, 11) is 1.66. The van der Waals surface area contributed by atoms with E-state index < -0.39 is 6.10 Å². The Kier molecular flexibility index (Phi) is 5.26. The number of hydrogen-bond donors (Lipinski definition) is 1. The molecule has 1 aliphatic rings. The number of fused-ring (bicyclic) bond motifs is 1. The molecule has 2 aromatic rings. The Morgan fingerprint density at radius 2 is 1.89 bits per heavy atom. The lowest BCUT2D eigenvalue weighted by atomic mass is 10.0. The number of para-hydroxylation sites is 1. The fourth-order valence-corrected chi connectivity index (χ4v) is 2.98. The van der Waals surface area contributed by atoms with Gasteiger partial charge in [0.25, 0.3) is 5.91 Å². The number of nitrogens with one attached hydrogen (secondary N) is 1. The number of amides is 2. The number of benzene rings is 2. The monoisotopic (exact) mass is 366 g/mol. The maximum Gasteiger partial charge on any atom is 0.267 e. The lowest BCUT2D eigenvalue weighted by Gasteiger charge is -2.30. The quantitative estimate of drug-likeness (QED) is 0.824. The van der Waals surface area contributed by atoms with Gasteiger partial charge >= 0.3 is 0 Å². The molecular formula is C21H22N2O4. The molecule has 2 aromatic carbocycles. The van der Waals surface area contributed by atoms with Gasteiger partial charge in [-0.25, -0.2) is 0 Å². The van der Waals surface area contributed by atoms with Crippen LogP contribution in [0.1, 0.15) is 35.7 Å². The third kappa shape index (κ3) is 4.00. The SMILES string of the molecule is Cc1ccccc1NC(=O)CCC(=O)c1ccc2c(c1)N(C)C(=O)C(C)O2. The molecule has 0 radical (unpaired) electrons. The molecule has 6 heteroatoms. The van der Waals surface area contributed by atoms with Crippen molar-refractivity contribution in [2.45, 2.75) is 32.8 Å². The Morgan fingerprint density at radius 3 is 2.63 bits per heavy atom. The van der Waals surface area contributed by atoms with Crippen LogP contribution in [0.15, 0.2) is 42.5 Å². The minimum atomic E-state index is -0.547. The number of aryl methyl sites for hydroxylation is 1. The Bertz CT molecular complexity index is 907. The molecule has 0 spiro atoms. The van der Waals surface area contributed by atoms with Crippen LogP contribution < -0.4 is 15.0 Å². The van der Waals surface area contributed by atoms with Crippen LogP contribution in [0.2, 0.25) is 0 Å². The van der Waals surface area contributed by atoms with E-state index in [9.17, 15) is 14.4 Å². The number of ketones is 1. The molecule has 1 heterocycles. The lowest BCUT2D eigenvalue weighted by molar-refractivity contribution is -0.125. The first-order valence-electron chi connectivity index (χ1n) is 8.84. The van der Waals surface area contributed by atoms with E-state index in [1.165, 1.54) is 4.90 Å². The summed E-state index contributed by atoms with van der Waals surface area (Å²) in [6.07, 6.45) is -0.368. The second kappa shape index (κ2) is 7.61. The molecule has 1 atom stereocenters. The zero-order chi connectivity index (χ0) is 19.6. The van der Waals surface area contributed by atoms with Crippen molar-refractivity contribution >= 4 is 29.0 Å². The number of carbonyl (C=O) groups is 3. The molecule has 0 bridgehead atoms. The smallest absolute Gasteiger partial charge is 0.267 e. The molecule has 3 rings (SSSR count). The summed E-state index contributed by atoms with van der Waals surface area (Å²) in [5.74, 6) is 0.0421. The van der Waals surface area contributed by atoms with Crippen molar-refractivity contribution in [1.82, 2.24) is 0 Å². The average Bonchev–Trinajstić information content (AvgIpc) is 2.66. The van der Waals surface area contributed by atoms with E-state index in [0.717, 1.165) is 11.3 Å². The summed E-state index contributed by atoms with van der Waals surface area (Å²) in [4.78, 5) is 38.2. The van der Waals surface area contributed by atoms with E-state index in [-0.39, 0.29) is 30.4 Å². The van der Waals surface area contributed by atoms with Crippen LogP contribution in [0.5, 0.6) is 5.75 Å². The molecular weight excluding hydrogens is 344 g/mol. The average molecular weight is 366 g/mol. The Balaban J connectivity index is 1.64. The predicted octanol–water partition coefficient (Wildman–Crippen LogP) is 3.34. The van der Waals surface area contributed by atoms with E-state index >= 15 is 0 Å². The van der Waals surface area contributed by atoms with Gasteiger partial charge < -0.3 is 15.0 Å². The van der Waals surface area contributed by atoms with Crippen LogP contribution in [0.25, 0.3) is 0 Å². The topological polar surface area (TPSA) is 75.7 Å².